The van der Waals surface area contributed by atoms with Gasteiger partial charge in [0.2, 0.25) is 5.95 Å². The van der Waals surface area contributed by atoms with Crippen LogP contribution in [0.4, 0.5) is 0 Å². The van der Waals surface area contributed by atoms with Crippen molar-refractivity contribution in [1.29, 1.82) is 0 Å². The van der Waals surface area contributed by atoms with E-state index in [1.165, 1.54) is 70.3 Å². The zero-order chi connectivity index (χ0) is 37.9. The molecule has 0 spiro atoms. The average Bonchev–Trinajstić information content (AvgIpc) is 3.79. The molecular weight excluding hydrogens is 705 g/mol. The second-order valence-electron chi connectivity index (χ2n) is 15.4. The Labute approximate surface area is 332 Å². The fourth-order valence-electron chi connectivity index (χ4n) is 9.69. The van der Waals surface area contributed by atoms with Crippen LogP contribution >= 0.6 is 0 Å². The van der Waals surface area contributed by atoms with Crippen molar-refractivity contribution in [2.45, 2.75) is 0 Å². The first-order chi connectivity index (χ1) is 28.8. The third-order valence-electron chi connectivity index (χ3n) is 12.3. The number of rotatable bonds is 3. The molecule has 0 N–H and O–H groups in total. The van der Waals surface area contributed by atoms with Gasteiger partial charge < -0.3 is 4.57 Å². The van der Waals surface area contributed by atoms with Gasteiger partial charge in [-0.3, -0.25) is 4.57 Å². The van der Waals surface area contributed by atoms with E-state index in [0.717, 1.165) is 44.3 Å². The van der Waals surface area contributed by atoms with Gasteiger partial charge in [-0.15, -0.1) is 0 Å². The molecule has 3 aromatic heterocycles. The van der Waals surface area contributed by atoms with Crippen LogP contribution in [-0.2, 0) is 0 Å². The third kappa shape index (κ3) is 4.40. The Bertz CT molecular complexity index is 3780. The second kappa shape index (κ2) is 11.8. The number of nitrogens with zero attached hydrogens (tertiary/aromatic N) is 4. The summed E-state index contributed by atoms with van der Waals surface area (Å²) in [5, 5.41) is 15.7. The number of benzene rings is 10. The summed E-state index contributed by atoms with van der Waals surface area (Å²) in [7, 11) is 0. The highest BCUT2D eigenvalue weighted by Crippen LogP contribution is 2.41. The first-order valence-corrected chi connectivity index (χ1v) is 19.8. The summed E-state index contributed by atoms with van der Waals surface area (Å²) in [6.07, 6.45) is 0. The van der Waals surface area contributed by atoms with Crippen LogP contribution in [0.25, 0.3) is 120 Å². The summed E-state index contributed by atoms with van der Waals surface area (Å²) in [6.45, 7) is 0. The van der Waals surface area contributed by atoms with Crippen LogP contribution in [0.2, 0.25) is 0 Å². The molecule has 10 aromatic carbocycles. The molecule has 0 saturated carbocycles. The monoisotopic (exact) mass is 736 g/mol. The number of hydrogen-bond acceptors (Lipinski definition) is 2. The second-order valence-corrected chi connectivity index (χ2v) is 15.4. The van der Waals surface area contributed by atoms with Crippen LogP contribution in [0.3, 0.4) is 0 Å². The van der Waals surface area contributed by atoms with Crippen molar-refractivity contribution in [1.82, 2.24) is 19.1 Å². The smallest absolute Gasteiger partial charge is 0.235 e. The first kappa shape index (κ1) is 31.4. The Morgan fingerprint density at radius 3 is 1.48 bits per heavy atom. The minimum absolute atomic E-state index is 0.645. The van der Waals surface area contributed by atoms with Gasteiger partial charge in [0.25, 0.3) is 0 Å². The highest BCUT2D eigenvalue weighted by molar-refractivity contribution is 6.26. The molecule has 4 nitrogen and oxygen atoms in total. The standard InChI is InChI=1S/C54H32N4/c1-2-14-34-31-51-47(29-33(34)13-1)44-28-26-36(57-49-23-11-8-19-42(49)43-20-9-12-24-50(43)57)32-52(44)58(51)54-55-48-22-10-7-21-45(48)53(56-54)35-25-27-41-39-17-4-3-15-37(39)38-16-5-6-18-40(38)46(41)30-35/h1-32H. The van der Waals surface area contributed by atoms with E-state index >= 15 is 0 Å². The van der Waals surface area contributed by atoms with E-state index in [0.29, 0.717) is 5.95 Å². The molecule has 0 aliphatic heterocycles. The molecule has 0 amide bonds. The molecule has 0 fully saturated rings. The van der Waals surface area contributed by atoms with E-state index in [9.17, 15) is 0 Å². The van der Waals surface area contributed by atoms with Crippen LogP contribution in [0.5, 0.6) is 0 Å². The number of hydrogen-bond donors (Lipinski definition) is 0. The highest BCUT2D eigenvalue weighted by atomic mass is 15.2. The maximum absolute atomic E-state index is 5.58. The summed E-state index contributed by atoms with van der Waals surface area (Å²) in [5.74, 6) is 0.645. The Kier molecular flexibility index (Phi) is 6.41. The van der Waals surface area contributed by atoms with E-state index < -0.39 is 0 Å². The topological polar surface area (TPSA) is 35.6 Å². The lowest BCUT2D eigenvalue weighted by Crippen LogP contribution is -2.04. The molecule has 0 bridgehead atoms. The molecule has 13 rings (SSSR count). The minimum Gasteiger partial charge on any atom is -0.309 e. The summed E-state index contributed by atoms with van der Waals surface area (Å²) in [5.41, 5.74) is 8.45. The van der Waals surface area contributed by atoms with Crippen LogP contribution < -0.4 is 0 Å². The van der Waals surface area contributed by atoms with E-state index in [1.807, 2.05) is 0 Å². The summed E-state index contributed by atoms with van der Waals surface area (Å²) < 4.78 is 4.67. The molecular formula is C54H32N4. The van der Waals surface area contributed by atoms with Crippen molar-refractivity contribution in [2.75, 3.05) is 0 Å². The van der Waals surface area contributed by atoms with Crippen molar-refractivity contribution in [3.8, 4) is 22.9 Å². The SMILES string of the molecule is c1ccc2cc3c(cc2c1)c1ccc(-n2c4ccccc4c4ccccc42)cc1n3-c1nc(-c2ccc3c4ccccc4c4ccccc4c3c2)c2ccccc2n1. The van der Waals surface area contributed by atoms with Gasteiger partial charge in [-0.2, -0.15) is 0 Å². The summed E-state index contributed by atoms with van der Waals surface area (Å²) >= 11 is 0. The Hall–Kier alpha value is -7.82. The molecule has 4 heteroatoms. The van der Waals surface area contributed by atoms with Gasteiger partial charge in [0.1, 0.15) is 0 Å². The highest BCUT2D eigenvalue weighted by Gasteiger charge is 2.21. The average molecular weight is 737 g/mol. The van der Waals surface area contributed by atoms with Crippen molar-refractivity contribution >= 4 is 97.6 Å². The Balaban J connectivity index is 1.12. The van der Waals surface area contributed by atoms with Gasteiger partial charge in [-0.25, -0.2) is 9.97 Å². The lowest BCUT2D eigenvalue weighted by atomic mass is 9.92. The number of aromatic nitrogens is 4. The molecule has 0 aliphatic rings. The van der Waals surface area contributed by atoms with Crippen molar-refractivity contribution in [3.63, 3.8) is 0 Å². The van der Waals surface area contributed by atoms with Gasteiger partial charge >= 0.3 is 0 Å². The lowest BCUT2D eigenvalue weighted by Gasteiger charge is -2.14. The maximum Gasteiger partial charge on any atom is 0.235 e. The molecule has 58 heavy (non-hydrogen) atoms. The lowest BCUT2D eigenvalue weighted by molar-refractivity contribution is 1.01. The third-order valence-corrected chi connectivity index (χ3v) is 12.3. The van der Waals surface area contributed by atoms with Crippen LogP contribution in [0, 0.1) is 0 Å². The normalized spacial score (nSPS) is 12.1. The zero-order valence-corrected chi connectivity index (χ0v) is 31.3. The molecule has 3 heterocycles. The largest absolute Gasteiger partial charge is 0.309 e. The fraction of sp³-hybridized carbons (Fsp3) is 0. The van der Waals surface area contributed by atoms with E-state index in [-0.39, 0.29) is 0 Å². The predicted octanol–water partition coefficient (Wildman–Crippen LogP) is 14.1. The van der Waals surface area contributed by atoms with Gasteiger partial charge in [-0.1, -0.05) is 146 Å². The molecule has 0 atom stereocenters. The van der Waals surface area contributed by atoms with Gasteiger partial charge in [0.15, 0.2) is 0 Å². The molecule has 0 unspecified atom stereocenters. The predicted molar refractivity (Wildman–Crippen MR) is 244 cm³/mol. The molecule has 0 radical (unpaired) electrons. The van der Waals surface area contributed by atoms with Crippen molar-refractivity contribution in [2.24, 2.45) is 0 Å². The Morgan fingerprint density at radius 2 is 0.793 bits per heavy atom. The van der Waals surface area contributed by atoms with Crippen molar-refractivity contribution < 1.29 is 0 Å². The van der Waals surface area contributed by atoms with Gasteiger partial charge in [-0.05, 0) is 91.6 Å². The first-order valence-electron chi connectivity index (χ1n) is 19.8. The van der Waals surface area contributed by atoms with E-state index in [1.54, 1.807) is 0 Å². The zero-order valence-electron chi connectivity index (χ0n) is 31.3. The summed E-state index contributed by atoms with van der Waals surface area (Å²) in [4.78, 5) is 11.0. The molecule has 13 aromatic rings. The number of fused-ring (bicyclic) bond motifs is 14. The van der Waals surface area contributed by atoms with Gasteiger partial charge in [0.05, 0.1) is 33.3 Å². The Morgan fingerprint density at radius 1 is 0.293 bits per heavy atom. The van der Waals surface area contributed by atoms with Crippen molar-refractivity contribution in [3.05, 3.63) is 194 Å². The number of para-hydroxylation sites is 3. The minimum atomic E-state index is 0.645. The maximum atomic E-state index is 5.58. The fourth-order valence-corrected chi connectivity index (χ4v) is 9.69. The van der Waals surface area contributed by atoms with E-state index in [2.05, 4.69) is 203 Å². The van der Waals surface area contributed by atoms with Crippen LogP contribution in [-0.4, -0.2) is 19.1 Å². The summed E-state index contributed by atoms with van der Waals surface area (Å²) in [6, 6.07) is 70.2. The molecule has 0 saturated heterocycles. The molecule has 268 valence electrons. The molecule has 0 aliphatic carbocycles. The van der Waals surface area contributed by atoms with Crippen LogP contribution in [0.15, 0.2) is 194 Å². The van der Waals surface area contributed by atoms with Gasteiger partial charge in [0, 0.05) is 38.2 Å². The van der Waals surface area contributed by atoms with E-state index in [4.69, 9.17) is 9.97 Å². The quantitative estimate of drug-likeness (QED) is 0.169. The van der Waals surface area contributed by atoms with Crippen LogP contribution in [0.1, 0.15) is 0 Å².